The van der Waals surface area contributed by atoms with Crippen molar-refractivity contribution in [1.29, 1.82) is 0 Å². The number of hydrogen-bond donors (Lipinski definition) is 1. The monoisotopic (exact) mass is 205 g/mol. The van der Waals surface area contributed by atoms with Gasteiger partial charge in [-0.2, -0.15) is 0 Å². The summed E-state index contributed by atoms with van der Waals surface area (Å²) < 4.78 is 11.5. The maximum atomic E-state index is 11.5. The SMILES string of the molecule is CCC(C)CS(=O)CCNC(C)C. The maximum Gasteiger partial charge on any atom is 0.0360 e. The Balaban J connectivity index is 3.41. The largest absolute Gasteiger partial charge is 0.314 e. The molecule has 0 aliphatic heterocycles. The minimum absolute atomic E-state index is 0.501. The predicted molar refractivity (Wildman–Crippen MR) is 60.5 cm³/mol. The van der Waals surface area contributed by atoms with Crippen LogP contribution in [0.3, 0.4) is 0 Å². The van der Waals surface area contributed by atoms with E-state index in [0.29, 0.717) is 12.0 Å². The fourth-order valence-electron chi connectivity index (χ4n) is 0.980. The first-order valence-corrected chi connectivity index (χ1v) is 6.63. The summed E-state index contributed by atoms with van der Waals surface area (Å²) in [5, 5.41) is 3.27. The summed E-state index contributed by atoms with van der Waals surface area (Å²) in [6.07, 6.45) is 1.13. The molecule has 2 unspecified atom stereocenters. The van der Waals surface area contributed by atoms with Gasteiger partial charge in [-0.25, -0.2) is 0 Å². The second-order valence-corrected chi connectivity index (χ2v) is 5.55. The molecular weight excluding hydrogens is 182 g/mol. The molecule has 0 aliphatic carbocycles. The first kappa shape index (κ1) is 13.1. The van der Waals surface area contributed by atoms with E-state index in [-0.39, 0.29) is 0 Å². The molecule has 0 saturated heterocycles. The third-order valence-electron chi connectivity index (χ3n) is 2.05. The molecule has 80 valence electrons. The lowest BCUT2D eigenvalue weighted by atomic mass is 10.2. The first-order chi connectivity index (χ1) is 6.06. The van der Waals surface area contributed by atoms with Gasteiger partial charge in [-0.3, -0.25) is 4.21 Å². The molecule has 0 bridgehead atoms. The van der Waals surface area contributed by atoms with Gasteiger partial charge in [0.2, 0.25) is 0 Å². The summed E-state index contributed by atoms with van der Waals surface area (Å²) in [6, 6.07) is 0.501. The van der Waals surface area contributed by atoms with Gasteiger partial charge in [-0.05, 0) is 5.92 Å². The van der Waals surface area contributed by atoms with Gasteiger partial charge in [-0.15, -0.1) is 0 Å². The van der Waals surface area contributed by atoms with Gasteiger partial charge in [0.25, 0.3) is 0 Å². The van der Waals surface area contributed by atoms with E-state index in [2.05, 4.69) is 33.0 Å². The van der Waals surface area contributed by atoms with Crippen molar-refractivity contribution in [2.75, 3.05) is 18.1 Å². The van der Waals surface area contributed by atoms with Crippen LogP contribution in [0.2, 0.25) is 0 Å². The van der Waals surface area contributed by atoms with Crippen LogP contribution in [-0.2, 0) is 10.8 Å². The Morgan fingerprint density at radius 3 is 2.38 bits per heavy atom. The van der Waals surface area contributed by atoms with Gasteiger partial charge < -0.3 is 5.32 Å². The molecule has 2 atom stereocenters. The number of rotatable bonds is 7. The molecule has 13 heavy (non-hydrogen) atoms. The van der Waals surface area contributed by atoms with Crippen LogP contribution in [-0.4, -0.2) is 28.3 Å². The van der Waals surface area contributed by atoms with Crippen LogP contribution in [0.25, 0.3) is 0 Å². The third-order valence-corrected chi connectivity index (χ3v) is 3.65. The topological polar surface area (TPSA) is 29.1 Å². The maximum absolute atomic E-state index is 11.5. The number of nitrogens with one attached hydrogen (secondary N) is 1. The Morgan fingerprint density at radius 1 is 1.31 bits per heavy atom. The average molecular weight is 205 g/mol. The molecule has 0 radical (unpaired) electrons. The van der Waals surface area contributed by atoms with Crippen molar-refractivity contribution in [2.24, 2.45) is 5.92 Å². The van der Waals surface area contributed by atoms with Crippen molar-refractivity contribution in [2.45, 2.75) is 40.2 Å². The second-order valence-electron chi connectivity index (χ2n) is 3.93. The highest BCUT2D eigenvalue weighted by atomic mass is 32.2. The van der Waals surface area contributed by atoms with E-state index in [0.717, 1.165) is 24.5 Å². The second kappa shape index (κ2) is 7.51. The van der Waals surface area contributed by atoms with Crippen molar-refractivity contribution in [3.8, 4) is 0 Å². The summed E-state index contributed by atoms with van der Waals surface area (Å²) in [7, 11) is -0.629. The van der Waals surface area contributed by atoms with Crippen LogP contribution in [0.5, 0.6) is 0 Å². The summed E-state index contributed by atoms with van der Waals surface area (Å²) >= 11 is 0. The molecule has 0 rings (SSSR count). The van der Waals surface area contributed by atoms with Gasteiger partial charge in [0.1, 0.15) is 0 Å². The van der Waals surface area contributed by atoms with E-state index >= 15 is 0 Å². The fraction of sp³-hybridized carbons (Fsp3) is 1.00. The molecule has 0 fully saturated rings. The predicted octanol–water partition coefficient (Wildman–Crippen LogP) is 1.78. The molecule has 3 heteroatoms. The highest BCUT2D eigenvalue weighted by Crippen LogP contribution is 2.02. The van der Waals surface area contributed by atoms with Crippen LogP contribution in [0, 0.1) is 5.92 Å². The van der Waals surface area contributed by atoms with Crippen molar-refractivity contribution in [3.63, 3.8) is 0 Å². The van der Waals surface area contributed by atoms with Crippen LogP contribution in [0.15, 0.2) is 0 Å². The lowest BCUT2D eigenvalue weighted by molar-refractivity contribution is 0.598. The molecule has 0 spiro atoms. The van der Waals surface area contributed by atoms with Gasteiger partial charge in [-0.1, -0.05) is 34.1 Å². The third kappa shape index (κ3) is 8.44. The Morgan fingerprint density at radius 2 is 1.92 bits per heavy atom. The average Bonchev–Trinajstić information content (AvgIpc) is 2.03. The number of hydrogen-bond acceptors (Lipinski definition) is 2. The van der Waals surface area contributed by atoms with Gasteiger partial charge >= 0.3 is 0 Å². The minimum Gasteiger partial charge on any atom is -0.314 e. The zero-order valence-electron chi connectivity index (χ0n) is 9.30. The first-order valence-electron chi connectivity index (χ1n) is 5.14. The Kier molecular flexibility index (Phi) is 7.57. The Hall–Kier alpha value is 0.110. The molecular formula is C10H23NOS. The van der Waals surface area contributed by atoms with E-state index in [4.69, 9.17) is 0 Å². The van der Waals surface area contributed by atoms with Gasteiger partial charge in [0, 0.05) is 34.9 Å². The quantitative estimate of drug-likeness (QED) is 0.686. The Labute approximate surface area is 84.9 Å². The lowest BCUT2D eigenvalue weighted by Crippen LogP contribution is -2.28. The molecule has 0 aromatic rings. The van der Waals surface area contributed by atoms with Crippen LogP contribution < -0.4 is 5.32 Å². The van der Waals surface area contributed by atoms with Crippen LogP contribution in [0.1, 0.15) is 34.1 Å². The van der Waals surface area contributed by atoms with Crippen LogP contribution >= 0.6 is 0 Å². The molecule has 0 heterocycles. The molecule has 2 nitrogen and oxygen atoms in total. The van der Waals surface area contributed by atoms with E-state index < -0.39 is 10.8 Å². The van der Waals surface area contributed by atoms with E-state index in [1.54, 1.807) is 0 Å². The van der Waals surface area contributed by atoms with E-state index in [9.17, 15) is 4.21 Å². The summed E-state index contributed by atoms with van der Waals surface area (Å²) in [4.78, 5) is 0. The van der Waals surface area contributed by atoms with E-state index in [1.165, 1.54) is 0 Å². The zero-order valence-corrected chi connectivity index (χ0v) is 10.1. The summed E-state index contributed by atoms with van der Waals surface area (Å²) in [5.74, 6) is 2.25. The highest BCUT2D eigenvalue weighted by molar-refractivity contribution is 7.85. The normalized spacial score (nSPS) is 16.1. The molecule has 0 saturated carbocycles. The minimum atomic E-state index is -0.629. The smallest absolute Gasteiger partial charge is 0.0360 e. The van der Waals surface area contributed by atoms with Crippen molar-refractivity contribution in [1.82, 2.24) is 5.32 Å². The van der Waals surface area contributed by atoms with Crippen molar-refractivity contribution < 1.29 is 4.21 Å². The van der Waals surface area contributed by atoms with E-state index in [1.807, 2.05) is 0 Å². The van der Waals surface area contributed by atoms with Crippen molar-refractivity contribution >= 4 is 10.8 Å². The Bertz CT molecular complexity index is 148. The highest BCUT2D eigenvalue weighted by Gasteiger charge is 2.05. The standard InChI is InChI=1S/C10H23NOS/c1-5-10(4)8-13(12)7-6-11-9(2)3/h9-11H,5-8H2,1-4H3. The summed E-state index contributed by atoms with van der Waals surface area (Å²) in [5.41, 5.74) is 0. The summed E-state index contributed by atoms with van der Waals surface area (Å²) in [6.45, 7) is 9.40. The molecule has 0 amide bonds. The fourth-order valence-corrected chi connectivity index (χ4v) is 2.36. The van der Waals surface area contributed by atoms with Crippen LogP contribution in [0.4, 0.5) is 0 Å². The zero-order chi connectivity index (χ0) is 10.3. The van der Waals surface area contributed by atoms with Gasteiger partial charge in [0.05, 0.1) is 0 Å². The molecule has 0 aromatic heterocycles. The molecule has 0 aliphatic rings. The lowest BCUT2D eigenvalue weighted by Gasteiger charge is -2.10. The van der Waals surface area contributed by atoms with Gasteiger partial charge in [0.15, 0.2) is 0 Å². The molecule has 0 aromatic carbocycles. The van der Waals surface area contributed by atoms with Crippen molar-refractivity contribution in [3.05, 3.63) is 0 Å². The molecule has 1 N–H and O–H groups in total.